The molecule has 14 aromatic rings. The summed E-state index contributed by atoms with van der Waals surface area (Å²) in [6.45, 7) is 0. The molecule has 0 saturated carbocycles. The molecule has 0 N–H and O–H groups in total. The fourth-order valence-corrected chi connectivity index (χ4v) is 10.4. The van der Waals surface area contributed by atoms with Gasteiger partial charge in [-0.1, -0.05) is 133 Å². The lowest BCUT2D eigenvalue weighted by Crippen LogP contribution is -2.01. The Kier molecular flexibility index (Phi) is 7.30. The van der Waals surface area contributed by atoms with Gasteiger partial charge in [-0.2, -0.15) is 0 Å². The Morgan fingerprint density at radius 3 is 1.08 bits per heavy atom. The molecule has 0 unspecified atom stereocenters. The van der Waals surface area contributed by atoms with Crippen molar-refractivity contribution in [2.45, 2.75) is 0 Å². The highest BCUT2D eigenvalue weighted by Crippen LogP contribution is 2.45. The largest absolute Gasteiger partial charge is 0.456 e. The topological polar surface area (TPSA) is 61.9 Å². The van der Waals surface area contributed by atoms with Crippen LogP contribution in [0.15, 0.2) is 215 Å². The molecule has 14 rings (SSSR count). The van der Waals surface area contributed by atoms with Gasteiger partial charge in [0.25, 0.3) is 0 Å². The third kappa shape index (κ3) is 4.96. The summed E-state index contributed by atoms with van der Waals surface area (Å²) in [5.74, 6) is 1.64. The van der Waals surface area contributed by atoms with Crippen LogP contribution in [0.2, 0.25) is 0 Å². The average Bonchev–Trinajstić information content (AvgIpc) is 4.12. The summed E-state index contributed by atoms with van der Waals surface area (Å²) in [7, 11) is 0. The van der Waals surface area contributed by atoms with Crippen molar-refractivity contribution in [3.63, 3.8) is 0 Å². The molecule has 6 heterocycles. The van der Waals surface area contributed by atoms with Crippen LogP contribution in [0.1, 0.15) is 0 Å². The summed E-state index contributed by atoms with van der Waals surface area (Å²) < 4.78 is 17.2. The van der Waals surface area contributed by atoms with Gasteiger partial charge in [0.1, 0.15) is 34.0 Å². The zero-order valence-corrected chi connectivity index (χ0v) is 34.2. The van der Waals surface area contributed by atoms with Crippen LogP contribution >= 0.6 is 0 Å². The second kappa shape index (κ2) is 13.4. The highest BCUT2D eigenvalue weighted by molar-refractivity contribution is 6.22. The molecule has 0 spiro atoms. The Balaban J connectivity index is 0.931. The van der Waals surface area contributed by atoms with E-state index in [1.165, 1.54) is 10.8 Å². The maximum Gasteiger partial charge on any atom is 0.138 e. The highest BCUT2D eigenvalue weighted by Gasteiger charge is 2.22. The number of nitrogens with zero attached hydrogens (tertiary/aromatic N) is 4. The van der Waals surface area contributed by atoms with Gasteiger partial charge in [0.2, 0.25) is 0 Å². The van der Waals surface area contributed by atoms with E-state index in [2.05, 4.69) is 191 Å². The van der Waals surface area contributed by atoms with E-state index in [9.17, 15) is 0 Å². The van der Waals surface area contributed by atoms with Crippen LogP contribution in [-0.4, -0.2) is 19.1 Å². The fourth-order valence-electron chi connectivity index (χ4n) is 10.4. The normalized spacial score (nSPS) is 12.1. The van der Waals surface area contributed by atoms with Crippen LogP contribution in [0.3, 0.4) is 0 Å². The summed E-state index contributed by atoms with van der Waals surface area (Å²) in [5.41, 5.74) is 14.0. The molecule has 8 aromatic carbocycles. The number of furan rings is 2. The molecule has 6 aromatic heterocycles. The minimum Gasteiger partial charge on any atom is -0.456 e. The minimum absolute atomic E-state index is 0.788. The lowest BCUT2D eigenvalue weighted by molar-refractivity contribution is 0.668. The number of benzene rings is 8. The van der Waals surface area contributed by atoms with Gasteiger partial charge in [0.05, 0.1) is 33.5 Å². The lowest BCUT2D eigenvalue weighted by Gasteiger charge is -2.12. The van der Waals surface area contributed by atoms with Crippen molar-refractivity contribution in [3.8, 4) is 45.3 Å². The first-order chi connectivity index (χ1) is 31.8. The van der Waals surface area contributed by atoms with Crippen LogP contribution in [0.4, 0.5) is 0 Å². The van der Waals surface area contributed by atoms with E-state index in [4.69, 9.17) is 18.8 Å². The zero-order chi connectivity index (χ0) is 41.9. The minimum atomic E-state index is 0.788. The fraction of sp³-hybridized carbons (Fsp3) is 0. The van der Waals surface area contributed by atoms with Crippen LogP contribution in [0.25, 0.3) is 133 Å². The molecule has 298 valence electrons. The SMILES string of the molecule is c1cc(-c2cccc(-n3c4ccccc4c4c(-c5cccc6oc7ccccc7c56)cccc43)n2)nc(-n2c3ccccc3c3c(-c4cccc5oc6ccccc6c45)cccc32)c1. The summed E-state index contributed by atoms with van der Waals surface area (Å²) in [6, 6.07) is 72.2. The number of pyridine rings is 2. The number of hydrogen-bond donors (Lipinski definition) is 0. The maximum absolute atomic E-state index is 6.34. The van der Waals surface area contributed by atoms with E-state index < -0.39 is 0 Å². The molecule has 0 amide bonds. The van der Waals surface area contributed by atoms with E-state index in [1.54, 1.807) is 0 Å². The van der Waals surface area contributed by atoms with Gasteiger partial charge in [0, 0.05) is 43.1 Å². The van der Waals surface area contributed by atoms with E-state index in [0.29, 0.717) is 0 Å². The summed E-state index contributed by atoms with van der Waals surface area (Å²) >= 11 is 0. The molecule has 0 fully saturated rings. The number of fused-ring (bicyclic) bond motifs is 12. The monoisotopic (exact) mass is 818 g/mol. The van der Waals surface area contributed by atoms with E-state index >= 15 is 0 Å². The summed E-state index contributed by atoms with van der Waals surface area (Å²) in [6.07, 6.45) is 0. The van der Waals surface area contributed by atoms with Gasteiger partial charge in [-0.05, 0) is 95.1 Å². The molecule has 0 bridgehead atoms. The summed E-state index contributed by atoms with van der Waals surface area (Å²) in [4.78, 5) is 10.8. The first-order valence-corrected chi connectivity index (χ1v) is 21.6. The third-order valence-corrected chi connectivity index (χ3v) is 13.0. The maximum atomic E-state index is 6.34. The van der Waals surface area contributed by atoms with Crippen molar-refractivity contribution in [2.75, 3.05) is 0 Å². The molecule has 0 aliphatic heterocycles. The third-order valence-electron chi connectivity index (χ3n) is 13.0. The number of aromatic nitrogens is 4. The summed E-state index contributed by atoms with van der Waals surface area (Å²) in [5, 5.41) is 9.13. The molecular weight excluding hydrogens is 785 g/mol. The Bertz CT molecular complexity index is 3950. The number of hydrogen-bond acceptors (Lipinski definition) is 4. The lowest BCUT2D eigenvalue weighted by atomic mass is 9.95. The predicted octanol–water partition coefficient (Wildman–Crippen LogP) is 15.5. The molecule has 0 atom stereocenters. The first kappa shape index (κ1) is 34.9. The number of rotatable bonds is 5. The van der Waals surface area contributed by atoms with E-state index in [-0.39, 0.29) is 0 Å². The second-order valence-electron chi connectivity index (χ2n) is 16.4. The molecule has 0 aliphatic carbocycles. The van der Waals surface area contributed by atoms with Crippen LogP contribution < -0.4 is 0 Å². The van der Waals surface area contributed by atoms with Crippen molar-refractivity contribution >= 4 is 87.5 Å². The molecule has 6 heteroatoms. The van der Waals surface area contributed by atoms with Gasteiger partial charge >= 0.3 is 0 Å². The first-order valence-electron chi connectivity index (χ1n) is 21.6. The van der Waals surface area contributed by atoms with Crippen LogP contribution in [0.5, 0.6) is 0 Å². The van der Waals surface area contributed by atoms with Crippen molar-refractivity contribution in [3.05, 3.63) is 206 Å². The van der Waals surface area contributed by atoms with Gasteiger partial charge < -0.3 is 8.83 Å². The highest BCUT2D eigenvalue weighted by atomic mass is 16.3. The van der Waals surface area contributed by atoms with Crippen molar-refractivity contribution in [1.82, 2.24) is 19.1 Å². The average molecular weight is 819 g/mol. The molecule has 0 aliphatic rings. The van der Waals surface area contributed by atoms with Crippen molar-refractivity contribution in [2.24, 2.45) is 0 Å². The van der Waals surface area contributed by atoms with E-state index in [0.717, 1.165) is 122 Å². The van der Waals surface area contributed by atoms with Crippen molar-refractivity contribution < 1.29 is 8.83 Å². The smallest absolute Gasteiger partial charge is 0.138 e. The Morgan fingerprint density at radius 1 is 0.266 bits per heavy atom. The quantitative estimate of drug-likeness (QED) is 0.174. The molecular formula is C58H34N4O2. The molecule has 64 heavy (non-hydrogen) atoms. The Labute approximate surface area is 365 Å². The Hall–Kier alpha value is -8.74. The second-order valence-corrected chi connectivity index (χ2v) is 16.4. The van der Waals surface area contributed by atoms with Gasteiger partial charge in [-0.3, -0.25) is 9.13 Å². The molecule has 0 radical (unpaired) electrons. The van der Waals surface area contributed by atoms with Crippen LogP contribution in [-0.2, 0) is 0 Å². The zero-order valence-electron chi connectivity index (χ0n) is 34.2. The van der Waals surface area contributed by atoms with E-state index in [1.807, 2.05) is 24.3 Å². The van der Waals surface area contributed by atoms with Gasteiger partial charge in [0.15, 0.2) is 0 Å². The standard InChI is InChI=1S/C58H34N4O2/c1-5-25-45-39(15-1)55-35(37-21-11-31-51-57(37)41-17-3-7-29-49(41)63-51)19-9-27-47(55)61(45)53-33-13-23-43(59-53)44-24-14-34-54(60-44)62-46-26-6-2-16-40(46)56-36(20-10-28-48(56)62)38-22-12-32-52-58(38)42-18-4-8-30-50(42)64-52/h1-34H. The van der Waals surface area contributed by atoms with Crippen molar-refractivity contribution in [1.29, 1.82) is 0 Å². The van der Waals surface area contributed by atoms with Gasteiger partial charge in [-0.25, -0.2) is 9.97 Å². The molecule has 6 nitrogen and oxygen atoms in total. The Morgan fingerprint density at radius 2 is 0.609 bits per heavy atom. The van der Waals surface area contributed by atoms with Gasteiger partial charge in [-0.15, -0.1) is 0 Å². The predicted molar refractivity (Wildman–Crippen MR) is 262 cm³/mol. The number of para-hydroxylation sites is 4. The molecule has 0 saturated heterocycles. The van der Waals surface area contributed by atoms with Crippen LogP contribution in [0, 0.1) is 0 Å².